The van der Waals surface area contributed by atoms with E-state index in [1.165, 1.54) is 11.1 Å². The molecule has 6 heteroatoms. The largest absolute Gasteiger partial charge is 0.480 e. The van der Waals surface area contributed by atoms with Crippen LogP contribution >= 0.6 is 0 Å². The van der Waals surface area contributed by atoms with Crippen molar-refractivity contribution in [3.05, 3.63) is 22.7 Å². The van der Waals surface area contributed by atoms with Gasteiger partial charge in [0.05, 0.1) is 0 Å². The van der Waals surface area contributed by atoms with E-state index in [1.54, 1.807) is 24.7 Å². The summed E-state index contributed by atoms with van der Waals surface area (Å²) >= 11 is 0. The van der Waals surface area contributed by atoms with E-state index in [1.807, 2.05) is 6.92 Å². The van der Waals surface area contributed by atoms with Crippen molar-refractivity contribution in [3.8, 4) is 0 Å². The van der Waals surface area contributed by atoms with Crippen molar-refractivity contribution in [2.45, 2.75) is 39.3 Å². The Hall–Kier alpha value is -1.85. The number of carboxylic acid groups (broad SMARTS) is 1. The molecule has 6 nitrogen and oxygen atoms in total. The molecule has 100 valence electrons. The Morgan fingerprint density at radius 3 is 2.72 bits per heavy atom. The van der Waals surface area contributed by atoms with E-state index in [4.69, 9.17) is 5.11 Å². The van der Waals surface area contributed by atoms with Crippen LogP contribution in [-0.4, -0.2) is 33.7 Å². The highest BCUT2D eigenvalue weighted by atomic mass is 16.4. The molecule has 0 amide bonds. The molecule has 0 radical (unpaired) electrons. The van der Waals surface area contributed by atoms with Crippen LogP contribution in [0.1, 0.15) is 26.7 Å². The van der Waals surface area contributed by atoms with Gasteiger partial charge in [-0.05, 0) is 12.8 Å². The van der Waals surface area contributed by atoms with E-state index in [2.05, 4.69) is 4.98 Å². The van der Waals surface area contributed by atoms with Crippen LogP contribution in [0.15, 0.2) is 17.2 Å². The molecule has 0 aliphatic carbocycles. The number of rotatable bonds is 6. The monoisotopic (exact) mass is 253 g/mol. The Labute approximate surface area is 106 Å². The van der Waals surface area contributed by atoms with Gasteiger partial charge in [0.1, 0.15) is 6.04 Å². The summed E-state index contributed by atoms with van der Waals surface area (Å²) in [6, 6.07) is -0.734. The zero-order valence-corrected chi connectivity index (χ0v) is 11.0. The summed E-state index contributed by atoms with van der Waals surface area (Å²) in [5, 5.41) is 9.09. The Bertz CT molecular complexity index is 470. The molecule has 1 heterocycles. The van der Waals surface area contributed by atoms with Gasteiger partial charge >= 0.3 is 5.97 Å². The third-order valence-corrected chi connectivity index (χ3v) is 2.83. The van der Waals surface area contributed by atoms with Gasteiger partial charge in [-0.3, -0.25) is 4.79 Å². The molecule has 1 aromatic rings. The maximum absolute atomic E-state index is 12.1. The quantitative estimate of drug-likeness (QED) is 0.817. The van der Waals surface area contributed by atoms with E-state index in [0.717, 1.165) is 6.42 Å². The van der Waals surface area contributed by atoms with Crippen molar-refractivity contribution >= 4 is 11.8 Å². The molecular weight excluding hydrogens is 234 g/mol. The van der Waals surface area contributed by atoms with Crippen LogP contribution in [-0.2, 0) is 11.3 Å². The number of nitrogens with zero attached hydrogens (tertiary/aromatic N) is 3. The molecule has 1 rings (SSSR count). The highest BCUT2D eigenvalue weighted by molar-refractivity contribution is 5.77. The predicted molar refractivity (Wildman–Crippen MR) is 68.9 cm³/mol. The summed E-state index contributed by atoms with van der Waals surface area (Å²) in [5.74, 6) is -0.771. The first-order valence-corrected chi connectivity index (χ1v) is 6.04. The molecular formula is C12H19N3O3. The van der Waals surface area contributed by atoms with E-state index in [9.17, 15) is 9.59 Å². The van der Waals surface area contributed by atoms with Crippen molar-refractivity contribution in [3.63, 3.8) is 0 Å². The molecule has 0 aliphatic heterocycles. The lowest BCUT2D eigenvalue weighted by Crippen LogP contribution is -2.42. The predicted octanol–water partition coefficient (Wildman–Crippen LogP) is 0.953. The number of aryl methyl sites for hydroxylation is 1. The summed E-state index contributed by atoms with van der Waals surface area (Å²) in [4.78, 5) is 28.6. The Morgan fingerprint density at radius 1 is 1.56 bits per heavy atom. The molecule has 0 aromatic carbocycles. The Balaban J connectivity index is 3.13. The topological polar surface area (TPSA) is 75.4 Å². The average Bonchev–Trinajstić information content (AvgIpc) is 2.32. The number of carboxylic acids is 1. The van der Waals surface area contributed by atoms with E-state index < -0.39 is 12.0 Å². The summed E-state index contributed by atoms with van der Waals surface area (Å²) in [6.45, 7) is 4.34. The molecule has 0 saturated carbocycles. The maximum atomic E-state index is 12.1. The van der Waals surface area contributed by atoms with E-state index in [-0.39, 0.29) is 11.4 Å². The first-order chi connectivity index (χ1) is 8.52. The second kappa shape index (κ2) is 6.18. The summed E-state index contributed by atoms with van der Waals surface area (Å²) in [6.07, 6.45) is 4.39. The smallest absolute Gasteiger partial charge is 0.326 e. The normalized spacial score (nSPS) is 12.2. The third kappa shape index (κ3) is 2.88. The standard InChI is InChI=1S/C12H19N3O3/c1-4-7-15-8-6-13-10(11(15)16)14(3)9(5-2)12(17)18/h6,8-9H,4-5,7H2,1-3H3,(H,17,18). The second-order valence-corrected chi connectivity index (χ2v) is 4.12. The van der Waals surface area contributed by atoms with Gasteiger partial charge in [0, 0.05) is 26.0 Å². The maximum Gasteiger partial charge on any atom is 0.326 e. The molecule has 1 unspecified atom stereocenters. The van der Waals surface area contributed by atoms with Crippen molar-refractivity contribution < 1.29 is 9.90 Å². The zero-order valence-electron chi connectivity index (χ0n) is 11.0. The highest BCUT2D eigenvalue weighted by Gasteiger charge is 2.23. The summed E-state index contributed by atoms with van der Waals surface area (Å²) < 4.78 is 1.55. The zero-order chi connectivity index (χ0) is 13.7. The minimum Gasteiger partial charge on any atom is -0.480 e. The van der Waals surface area contributed by atoms with Gasteiger partial charge in [-0.1, -0.05) is 13.8 Å². The number of aromatic nitrogens is 2. The lowest BCUT2D eigenvalue weighted by molar-refractivity contribution is -0.138. The minimum absolute atomic E-state index is 0.181. The fourth-order valence-corrected chi connectivity index (χ4v) is 1.86. The molecule has 0 spiro atoms. The third-order valence-electron chi connectivity index (χ3n) is 2.83. The van der Waals surface area contributed by atoms with Crippen LogP contribution in [0, 0.1) is 0 Å². The van der Waals surface area contributed by atoms with Crippen molar-refractivity contribution in [1.82, 2.24) is 9.55 Å². The minimum atomic E-state index is -0.952. The van der Waals surface area contributed by atoms with E-state index in [0.29, 0.717) is 13.0 Å². The van der Waals surface area contributed by atoms with Crippen LogP contribution in [0.5, 0.6) is 0 Å². The fraction of sp³-hybridized carbons (Fsp3) is 0.583. The molecule has 1 atom stereocenters. The summed E-state index contributed by atoms with van der Waals surface area (Å²) in [7, 11) is 1.59. The number of likely N-dealkylation sites (N-methyl/N-ethyl adjacent to an activating group) is 1. The average molecular weight is 253 g/mol. The Morgan fingerprint density at radius 2 is 2.22 bits per heavy atom. The van der Waals surface area contributed by atoms with Crippen LogP contribution in [0.3, 0.4) is 0 Å². The lowest BCUT2D eigenvalue weighted by atomic mass is 10.2. The van der Waals surface area contributed by atoms with Crippen molar-refractivity contribution in [2.24, 2.45) is 0 Å². The molecule has 18 heavy (non-hydrogen) atoms. The lowest BCUT2D eigenvalue weighted by Gasteiger charge is -2.24. The molecule has 0 saturated heterocycles. The number of anilines is 1. The number of hydrogen-bond donors (Lipinski definition) is 1. The number of aliphatic carboxylic acids is 1. The number of hydrogen-bond acceptors (Lipinski definition) is 4. The van der Waals surface area contributed by atoms with Gasteiger partial charge < -0.3 is 14.6 Å². The summed E-state index contributed by atoms with van der Waals surface area (Å²) in [5.41, 5.74) is -0.249. The van der Waals surface area contributed by atoms with Crippen LogP contribution in [0.25, 0.3) is 0 Å². The fourth-order valence-electron chi connectivity index (χ4n) is 1.86. The van der Waals surface area contributed by atoms with Crippen molar-refractivity contribution in [2.75, 3.05) is 11.9 Å². The van der Waals surface area contributed by atoms with E-state index >= 15 is 0 Å². The number of carbonyl (C=O) groups is 1. The highest BCUT2D eigenvalue weighted by Crippen LogP contribution is 2.09. The molecule has 0 aliphatic rings. The van der Waals surface area contributed by atoms with Crippen LogP contribution in [0.4, 0.5) is 5.82 Å². The van der Waals surface area contributed by atoms with Crippen LogP contribution in [0.2, 0.25) is 0 Å². The molecule has 0 bridgehead atoms. The molecule has 1 aromatic heterocycles. The first-order valence-electron chi connectivity index (χ1n) is 6.04. The van der Waals surface area contributed by atoms with Crippen LogP contribution < -0.4 is 10.5 Å². The SMILES string of the molecule is CCCn1ccnc(N(C)C(CC)C(=O)O)c1=O. The molecule has 1 N–H and O–H groups in total. The van der Waals surface area contributed by atoms with Gasteiger partial charge in [0.2, 0.25) is 0 Å². The molecule has 0 fully saturated rings. The second-order valence-electron chi connectivity index (χ2n) is 4.12. The van der Waals surface area contributed by atoms with Gasteiger partial charge in [-0.25, -0.2) is 9.78 Å². The van der Waals surface area contributed by atoms with Crippen molar-refractivity contribution in [1.29, 1.82) is 0 Å². The van der Waals surface area contributed by atoms with Gasteiger partial charge in [-0.15, -0.1) is 0 Å². The first kappa shape index (κ1) is 14.2. The van der Waals surface area contributed by atoms with Gasteiger partial charge in [-0.2, -0.15) is 0 Å². The van der Waals surface area contributed by atoms with Gasteiger partial charge in [0.15, 0.2) is 5.82 Å². The Kier molecular flexibility index (Phi) is 4.88. The van der Waals surface area contributed by atoms with Gasteiger partial charge in [0.25, 0.3) is 5.56 Å².